The van der Waals surface area contributed by atoms with E-state index in [9.17, 15) is 17.2 Å². The molecule has 0 atom stereocenters. The van der Waals surface area contributed by atoms with Gasteiger partial charge in [0.15, 0.2) is 11.6 Å². The number of sulfonamides is 1. The second-order valence-corrected chi connectivity index (χ2v) is 7.71. The van der Waals surface area contributed by atoms with Crippen molar-refractivity contribution in [3.05, 3.63) is 77.2 Å². The Hall–Kier alpha value is -3.64. The highest BCUT2D eigenvalue weighted by molar-refractivity contribution is 7.92. The van der Waals surface area contributed by atoms with Crippen LogP contribution in [0.4, 0.5) is 20.3 Å². The zero-order valence-corrected chi connectivity index (χ0v) is 15.5. The first-order valence-electron chi connectivity index (χ1n) is 8.39. The normalized spacial score (nSPS) is 12.2. The molecule has 3 heterocycles. The first-order chi connectivity index (χ1) is 13.9. The maximum Gasteiger partial charge on any atom is 0.263 e. The van der Waals surface area contributed by atoms with E-state index in [0.29, 0.717) is 17.9 Å². The molecule has 29 heavy (non-hydrogen) atoms. The fourth-order valence-electron chi connectivity index (χ4n) is 2.63. The lowest BCUT2D eigenvalue weighted by Gasteiger charge is -2.10. The highest BCUT2D eigenvalue weighted by atomic mass is 32.2. The Labute approximate surface area is 165 Å². The summed E-state index contributed by atoms with van der Waals surface area (Å²) in [6.45, 7) is 0. The molecule has 6 nitrogen and oxygen atoms in total. The summed E-state index contributed by atoms with van der Waals surface area (Å²) >= 11 is 0. The maximum atomic E-state index is 14.8. The molecular weight excluding hydrogens is 398 g/mol. The van der Waals surface area contributed by atoms with Crippen molar-refractivity contribution in [2.75, 3.05) is 4.72 Å². The van der Waals surface area contributed by atoms with Crippen molar-refractivity contribution in [2.45, 2.75) is 11.3 Å². The summed E-state index contributed by atoms with van der Waals surface area (Å²) in [4.78, 5) is 11.9. The first-order valence-corrected chi connectivity index (χ1v) is 9.88. The molecule has 0 fully saturated rings. The van der Waals surface area contributed by atoms with Crippen molar-refractivity contribution in [1.29, 1.82) is 0 Å². The molecule has 2 aromatic heterocycles. The van der Waals surface area contributed by atoms with Gasteiger partial charge in [-0.25, -0.2) is 27.2 Å². The van der Waals surface area contributed by atoms with Crippen molar-refractivity contribution in [3.63, 3.8) is 0 Å². The second kappa shape index (κ2) is 7.41. The molecular formula is C20H12F2N4O2S. The van der Waals surface area contributed by atoms with E-state index >= 15 is 0 Å². The third kappa shape index (κ3) is 3.83. The fourth-order valence-corrected chi connectivity index (χ4v) is 3.65. The summed E-state index contributed by atoms with van der Waals surface area (Å²) in [6, 6.07) is 8.09. The lowest BCUT2D eigenvalue weighted by atomic mass is 10.1. The number of nitrogens with zero attached hydrogens (tertiary/aromatic N) is 3. The van der Waals surface area contributed by atoms with Crippen LogP contribution < -0.4 is 4.72 Å². The summed E-state index contributed by atoms with van der Waals surface area (Å²) in [6.07, 6.45) is 4.92. The number of hydrogen-bond acceptors (Lipinski definition) is 5. The van der Waals surface area contributed by atoms with Gasteiger partial charge in [-0.05, 0) is 36.3 Å². The molecule has 0 radical (unpaired) electrons. The van der Waals surface area contributed by atoms with E-state index in [-0.39, 0.29) is 4.90 Å². The van der Waals surface area contributed by atoms with Crippen LogP contribution in [0.5, 0.6) is 0 Å². The molecule has 0 spiro atoms. The van der Waals surface area contributed by atoms with E-state index in [0.717, 1.165) is 23.9 Å². The summed E-state index contributed by atoms with van der Waals surface area (Å²) in [7, 11) is -4.09. The molecule has 0 bridgehead atoms. The third-order valence-electron chi connectivity index (χ3n) is 4.08. The van der Waals surface area contributed by atoms with Gasteiger partial charge in [0.1, 0.15) is 16.4 Å². The Bertz CT molecular complexity index is 1300. The van der Waals surface area contributed by atoms with Gasteiger partial charge in [-0.3, -0.25) is 9.71 Å². The molecule has 1 aliphatic rings. The number of aromatic nitrogens is 2. The molecule has 1 N–H and O–H groups in total. The molecule has 4 rings (SSSR count). The zero-order valence-electron chi connectivity index (χ0n) is 14.7. The topological polar surface area (TPSA) is 84.3 Å². The molecule has 0 saturated heterocycles. The van der Waals surface area contributed by atoms with Crippen LogP contribution in [0.1, 0.15) is 16.8 Å². The minimum absolute atomic E-state index is 0.153. The van der Waals surface area contributed by atoms with Gasteiger partial charge in [-0.2, -0.15) is 0 Å². The molecule has 0 unspecified atom stereocenters. The van der Waals surface area contributed by atoms with Crippen molar-refractivity contribution >= 4 is 27.7 Å². The largest absolute Gasteiger partial charge is 0.277 e. The van der Waals surface area contributed by atoms with Gasteiger partial charge in [-0.1, -0.05) is 12.0 Å². The number of fused-ring (bicyclic) bond motifs is 1. The van der Waals surface area contributed by atoms with Crippen LogP contribution in [0, 0.1) is 23.5 Å². The van der Waals surface area contributed by atoms with E-state index in [1.165, 1.54) is 18.3 Å². The fraction of sp³-hybridized carbons (Fsp3) is 0.0500. The van der Waals surface area contributed by atoms with E-state index in [2.05, 4.69) is 31.5 Å². The van der Waals surface area contributed by atoms with Crippen LogP contribution in [0.15, 0.2) is 58.7 Å². The van der Waals surface area contributed by atoms with Crippen molar-refractivity contribution in [2.24, 2.45) is 4.99 Å². The third-order valence-corrected chi connectivity index (χ3v) is 5.43. The van der Waals surface area contributed by atoms with Crippen molar-refractivity contribution in [3.8, 4) is 11.8 Å². The van der Waals surface area contributed by atoms with Crippen LogP contribution >= 0.6 is 0 Å². The second-order valence-electron chi connectivity index (χ2n) is 6.02. The van der Waals surface area contributed by atoms with Crippen LogP contribution in [0.25, 0.3) is 0 Å². The molecule has 0 aliphatic carbocycles. The lowest BCUT2D eigenvalue weighted by molar-refractivity contribution is 0.578. The molecule has 9 heteroatoms. The molecule has 144 valence electrons. The Morgan fingerprint density at radius 2 is 1.93 bits per heavy atom. The van der Waals surface area contributed by atoms with Gasteiger partial charge < -0.3 is 0 Å². The van der Waals surface area contributed by atoms with Crippen molar-refractivity contribution in [1.82, 2.24) is 9.97 Å². The summed E-state index contributed by atoms with van der Waals surface area (Å²) in [5.74, 6) is 3.47. The maximum absolute atomic E-state index is 14.8. The standard InChI is InChI=1S/C20H12F2N4O2S/c21-17-7-8-18(26-29(27,28)15-2-1-10-23-12-15)19(22)16(17)6-5-14-4-3-13-9-11-24-20(13)25-14/h1-4,7-8,10-12,26H,9H2. The number of anilines is 1. The quantitative estimate of drug-likeness (QED) is 0.672. The first kappa shape index (κ1) is 18.7. The molecule has 0 saturated carbocycles. The van der Waals surface area contributed by atoms with E-state index in [1.807, 2.05) is 0 Å². The number of aliphatic imine (C=N–C) groups is 1. The van der Waals surface area contributed by atoms with Crippen LogP contribution in [-0.2, 0) is 16.4 Å². The SMILES string of the molecule is O=S(=O)(Nc1ccc(F)c(C#Cc2ccc3c(n2)N=CC3)c1F)c1cccnc1. The zero-order chi connectivity index (χ0) is 20.4. The summed E-state index contributed by atoms with van der Waals surface area (Å²) in [5, 5.41) is 0. The minimum atomic E-state index is -4.09. The van der Waals surface area contributed by atoms with Gasteiger partial charge in [0.2, 0.25) is 0 Å². The minimum Gasteiger partial charge on any atom is -0.277 e. The molecule has 0 amide bonds. The highest BCUT2D eigenvalue weighted by Crippen LogP contribution is 2.24. The number of nitrogens with one attached hydrogen (secondary N) is 1. The summed E-state index contributed by atoms with van der Waals surface area (Å²) in [5.41, 5.74) is 0.246. The van der Waals surface area contributed by atoms with E-state index < -0.39 is 32.9 Å². The number of hydrogen-bond donors (Lipinski definition) is 1. The van der Waals surface area contributed by atoms with Crippen LogP contribution in [0.2, 0.25) is 0 Å². The van der Waals surface area contributed by atoms with Gasteiger partial charge in [-0.15, -0.1) is 0 Å². The number of halogens is 2. The van der Waals surface area contributed by atoms with Gasteiger partial charge in [0.25, 0.3) is 10.0 Å². The lowest BCUT2D eigenvalue weighted by Crippen LogP contribution is -2.14. The predicted molar refractivity (Wildman–Crippen MR) is 103 cm³/mol. The Kier molecular flexibility index (Phi) is 4.78. The molecule has 3 aromatic rings. The Morgan fingerprint density at radius 3 is 2.72 bits per heavy atom. The molecule has 1 aromatic carbocycles. The van der Waals surface area contributed by atoms with E-state index in [4.69, 9.17) is 0 Å². The summed E-state index contributed by atoms with van der Waals surface area (Å²) < 4.78 is 55.7. The average Bonchev–Trinajstić information content (AvgIpc) is 3.18. The van der Waals surface area contributed by atoms with Crippen LogP contribution in [-0.4, -0.2) is 24.6 Å². The Morgan fingerprint density at radius 1 is 1.07 bits per heavy atom. The highest BCUT2D eigenvalue weighted by Gasteiger charge is 2.19. The number of benzene rings is 1. The van der Waals surface area contributed by atoms with Gasteiger partial charge in [0, 0.05) is 30.6 Å². The van der Waals surface area contributed by atoms with Gasteiger partial charge in [0.05, 0.1) is 11.3 Å². The molecule has 1 aliphatic heterocycles. The van der Waals surface area contributed by atoms with Crippen molar-refractivity contribution < 1.29 is 17.2 Å². The van der Waals surface area contributed by atoms with Crippen LogP contribution in [0.3, 0.4) is 0 Å². The smallest absolute Gasteiger partial charge is 0.263 e. The predicted octanol–water partition coefficient (Wildman–Crippen LogP) is 3.21. The average molecular weight is 410 g/mol. The Balaban J connectivity index is 1.67. The monoisotopic (exact) mass is 410 g/mol. The van der Waals surface area contributed by atoms with Gasteiger partial charge >= 0.3 is 0 Å². The number of rotatable bonds is 3. The van der Waals surface area contributed by atoms with E-state index in [1.54, 1.807) is 18.3 Å². The number of pyridine rings is 2.